The van der Waals surface area contributed by atoms with Gasteiger partial charge in [-0.05, 0) is 37.1 Å². The molecular formula is C15H20N2O. The van der Waals surface area contributed by atoms with E-state index in [9.17, 15) is 4.79 Å². The fourth-order valence-corrected chi connectivity index (χ4v) is 1.98. The third-order valence-corrected chi connectivity index (χ3v) is 3.67. The number of rotatable bonds is 4. The summed E-state index contributed by atoms with van der Waals surface area (Å²) >= 11 is 0. The van der Waals surface area contributed by atoms with Crippen LogP contribution in [0.5, 0.6) is 0 Å². The van der Waals surface area contributed by atoms with Gasteiger partial charge in [0.25, 0.3) is 5.91 Å². The standard InChI is InChI=1S/C15H20N2O/c1-4-10(2)11(3)17-15(18)13-5-6-14-12(9-13)7-8-16-14/h5-11,16H,4H2,1-3H3,(H,17,18). The van der Waals surface area contributed by atoms with Gasteiger partial charge in [0.05, 0.1) is 0 Å². The molecule has 2 rings (SSSR count). The quantitative estimate of drug-likeness (QED) is 0.851. The van der Waals surface area contributed by atoms with Gasteiger partial charge >= 0.3 is 0 Å². The van der Waals surface area contributed by atoms with Gasteiger partial charge in [0.15, 0.2) is 0 Å². The van der Waals surface area contributed by atoms with Crippen molar-refractivity contribution in [2.45, 2.75) is 33.2 Å². The summed E-state index contributed by atoms with van der Waals surface area (Å²) < 4.78 is 0. The van der Waals surface area contributed by atoms with Crippen LogP contribution in [-0.2, 0) is 0 Å². The number of hydrogen-bond donors (Lipinski definition) is 2. The average Bonchev–Trinajstić information content (AvgIpc) is 2.84. The molecule has 96 valence electrons. The van der Waals surface area contributed by atoms with Crippen LogP contribution < -0.4 is 5.32 Å². The van der Waals surface area contributed by atoms with Gasteiger partial charge < -0.3 is 10.3 Å². The van der Waals surface area contributed by atoms with Crippen LogP contribution in [0.4, 0.5) is 0 Å². The molecule has 0 radical (unpaired) electrons. The Hall–Kier alpha value is -1.77. The van der Waals surface area contributed by atoms with Crippen molar-refractivity contribution in [1.29, 1.82) is 0 Å². The smallest absolute Gasteiger partial charge is 0.251 e. The number of aromatic nitrogens is 1. The van der Waals surface area contributed by atoms with Crippen LogP contribution in [0.3, 0.4) is 0 Å². The molecule has 3 heteroatoms. The monoisotopic (exact) mass is 244 g/mol. The second-order valence-corrected chi connectivity index (χ2v) is 4.93. The van der Waals surface area contributed by atoms with Crippen molar-refractivity contribution in [2.75, 3.05) is 0 Å². The van der Waals surface area contributed by atoms with Gasteiger partial charge in [0.2, 0.25) is 0 Å². The Morgan fingerprint density at radius 1 is 1.33 bits per heavy atom. The molecule has 0 fully saturated rings. The van der Waals surface area contributed by atoms with Gasteiger partial charge in [-0.15, -0.1) is 0 Å². The normalized spacial score (nSPS) is 14.4. The van der Waals surface area contributed by atoms with Crippen LogP contribution >= 0.6 is 0 Å². The highest BCUT2D eigenvalue weighted by Crippen LogP contribution is 2.15. The van der Waals surface area contributed by atoms with Crippen LogP contribution in [0.1, 0.15) is 37.6 Å². The fraction of sp³-hybridized carbons (Fsp3) is 0.400. The van der Waals surface area contributed by atoms with Gasteiger partial charge in [-0.25, -0.2) is 0 Å². The topological polar surface area (TPSA) is 44.9 Å². The number of fused-ring (bicyclic) bond motifs is 1. The Morgan fingerprint density at radius 2 is 2.11 bits per heavy atom. The van der Waals surface area contributed by atoms with Crippen LogP contribution in [0.15, 0.2) is 30.5 Å². The largest absolute Gasteiger partial charge is 0.361 e. The summed E-state index contributed by atoms with van der Waals surface area (Å²) in [5.74, 6) is 0.496. The minimum absolute atomic E-state index is 0.00546. The zero-order valence-corrected chi connectivity index (χ0v) is 11.2. The molecule has 0 bridgehead atoms. The second kappa shape index (κ2) is 5.25. The van der Waals surface area contributed by atoms with Gasteiger partial charge in [-0.1, -0.05) is 20.3 Å². The Kier molecular flexibility index (Phi) is 3.70. The average molecular weight is 244 g/mol. The van der Waals surface area contributed by atoms with Gasteiger partial charge in [-0.3, -0.25) is 4.79 Å². The minimum Gasteiger partial charge on any atom is -0.361 e. The van der Waals surface area contributed by atoms with E-state index in [4.69, 9.17) is 0 Å². The van der Waals surface area contributed by atoms with E-state index in [1.165, 1.54) is 0 Å². The van der Waals surface area contributed by atoms with Crippen LogP contribution in [0, 0.1) is 5.92 Å². The summed E-state index contributed by atoms with van der Waals surface area (Å²) in [5.41, 5.74) is 1.78. The number of carbonyl (C=O) groups excluding carboxylic acids is 1. The first-order valence-electron chi connectivity index (χ1n) is 6.49. The third kappa shape index (κ3) is 2.55. The summed E-state index contributed by atoms with van der Waals surface area (Å²) in [5, 5.41) is 4.12. The predicted octanol–water partition coefficient (Wildman–Crippen LogP) is 3.33. The molecule has 0 spiro atoms. The molecule has 18 heavy (non-hydrogen) atoms. The van der Waals surface area contributed by atoms with E-state index < -0.39 is 0 Å². The van der Waals surface area contributed by atoms with Crippen molar-refractivity contribution in [1.82, 2.24) is 10.3 Å². The van der Waals surface area contributed by atoms with Crippen LogP contribution in [0.2, 0.25) is 0 Å². The molecule has 1 aromatic heterocycles. The van der Waals surface area contributed by atoms with Crippen molar-refractivity contribution >= 4 is 16.8 Å². The lowest BCUT2D eigenvalue weighted by Gasteiger charge is -2.19. The van der Waals surface area contributed by atoms with Crippen LogP contribution in [0.25, 0.3) is 10.9 Å². The zero-order chi connectivity index (χ0) is 13.1. The molecule has 2 unspecified atom stereocenters. The lowest BCUT2D eigenvalue weighted by molar-refractivity contribution is 0.0928. The molecule has 1 aromatic carbocycles. The van der Waals surface area contributed by atoms with E-state index in [1.54, 1.807) is 0 Å². The highest BCUT2D eigenvalue weighted by molar-refractivity contribution is 5.98. The maximum absolute atomic E-state index is 12.1. The molecule has 0 aliphatic heterocycles. The maximum Gasteiger partial charge on any atom is 0.251 e. The summed E-state index contributed by atoms with van der Waals surface area (Å²) in [6.07, 6.45) is 2.95. The molecular weight excluding hydrogens is 224 g/mol. The fourth-order valence-electron chi connectivity index (χ4n) is 1.98. The van der Waals surface area contributed by atoms with Gasteiger partial charge in [0.1, 0.15) is 0 Å². The third-order valence-electron chi connectivity index (χ3n) is 3.67. The first-order valence-corrected chi connectivity index (χ1v) is 6.49. The Labute approximate surface area is 108 Å². The van der Waals surface area contributed by atoms with E-state index in [-0.39, 0.29) is 11.9 Å². The molecule has 0 saturated heterocycles. The lowest BCUT2D eigenvalue weighted by atomic mass is 10.0. The van der Waals surface area contributed by atoms with Crippen molar-refractivity contribution in [3.63, 3.8) is 0 Å². The van der Waals surface area contributed by atoms with E-state index in [1.807, 2.05) is 30.5 Å². The number of amides is 1. The number of aromatic amines is 1. The van der Waals surface area contributed by atoms with Crippen molar-refractivity contribution < 1.29 is 4.79 Å². The number of nitrogens with one attached hydrogen (secondary N) is 2. The summed E-state index contributed by atoms with van der Waals surface area (Å²) in [7, 11) is 0. The Morgan fingerprint density at radius 3 is 2.83 bits per heavy atom. The number of H-pyrrole nitrogens is 1. The SMILES string of the molecule is CCC(C)C(C)NC(=O)c1ccc2[nH]ccc2c1. The lowest BCUT2D eigenvalue weighted by Crippen LogP contribution is -2.36. The van der Waals surface area contributed by atoms with Gasteiger partial charge in [0, 0.05) is 28.7 Å². The molecule has 2 atom stereocenters. The number of hydrogen-bond acceptors (Lipinski definition) is 1. The predicted molar refractivity (Wildman–Crippen MR) is 74.7 cm³/mol. The van der Waals surface area contributed by atoms with Crippen LogP contribution in [-0.4, -0.2) is 16.9 Å². The summed E-state index contributed by atoms with van der Waals surface area (Å²) in [4.78, 5) is 15.2. The molecule has 1 amide bonds. The van der Waals surface area contributed by atoms with Gasteiger partial charge in [-0.2, -0.15) is 0 Å². The first-order chi connectivity index (χ1) is 8.61. The Bertz CT molecular complexity index is 544. The zero-order valence-electron chi connectivity index (χ0n) is 11.2. The van der Waals surface area contributed by atoms with Crippen molar-refractivity contribution in [2.24, 2.45) is 5.92 Å². The molecule has 2 aromatic rings. The highest BCUT2D eigenvalue weighted by Gasteiger charge is 2.14. The van der Waals surface area contributed by atoms with E-state index in [0.717, 1.165) is 22.9 Å². The number of carbonyl (C=O) groups is 1. The molecule has 0 aliphatic rings. The highest BCUT2D eigenvalue weighted by atomic mass is 16.1. The molecule has 0 aliphatic carbocycles. The van der Waals surface area contributed by atoms with Crippen molar-refractivity contribution in [3.8, 4) is 0 Å². The minimum atomic E-state index is 0.00546. The van der Waals surface area contributed by atoms with E-state index in [0.29, 0.717) is 5.92 Å². The van der Waals surface area contributed by atoms with E-state index in [2.05, 4.69) is 31.1 Å². The van der Waals surface area contributed by atoms with E-state index >= 15 is 0 Å². The second-order valence-electron chi connectivity index (χ2n) is 4.93. The Balaban J connectivity index is 2.13. The molecule has 0 saturated carbocycles. The molecule has 1 heterocycles. The number of benzene rings is 1. The molecule has 3 nitrogen and oxygen atoms in total. The van der Waals surface area contributed by atoms with Crippen molar-refractivity contribution in [3.05, 3.63) is 36.0 Å². The summed E-state index contributed by atoms with van der Waals surface area (Å²) in [6, 6.07) is 7.90. The maximum atomic E-state index is 12.1. The molecule has 2 N–H and O–H groups in total. The first kappa shape index (κ1) is 12.7. The summed E-state index contributed by atoms with van der Waals surface area (Å²) in [6.45, 7) is 6.35.